The van der Waals surface area contributed by atoms with Crippen LogP contribution < -0.4 is 93.3 Å². The maximum Gasteiger partial charge on any atom is 1.00 e. The molecule has 0 radical (unpaired) electrons. The number of halogens is 10. The fourth-order valence-corrected chi connectivity index (χ4v) is 15.5. The average Bonchev–Trinajstić information content (AvgIpc) is 0.725. The molecule has 2 aliphatic carbocycles. The van der Waals surface area contributed by atoms with Crippen LogP contribution in [0.5, 0.6) is 11.5 Å². The molecule has 52 heteroatoms. The number of amidine groups is 1. The molecule has 4 aliphatic rings. The van der Waals surface area contributed by atoms with E-state index in [1.165, 1.54) is 25.1 Å². The second-order valence-corrected chi connectivity index (χ2v) is 34.2. The number of nitrogens with one attached hydrogen (secondary N) is 2. The van der Waals surface area contributed by atoms with Gasteiger partial charge in [0.1, 0.15) is 80.3 Å². The van der Waals surface area contributed by atoms with Gasteiger partial charge in [0, 0.05) is 49.7 Å². The predicted molar refractivity (Wildman–Crippen MR) is 366 cm³/mol. The van der Waals surface area contributed by atoms with E-state index in [4.69, 9.17) is 87.0 Å². The molecule has 6 aromatic rings. The number of benzene rings is 8. The molecule has 0 atom stereocenters. The quantitative estimate of drug-likeness (QED) is 0.00955. The van der Waals surface area contributed by atoms with Crippen molar-refractivity contribution >= 4 is 178 Å². The molecule has 0 spiro atoms. The number of anilines is 2. The summed E-state index contributed by atoms with van der Waals surface area (Å²) < 4.78 is 295. The zero-order valence-electron chi connectivity index (χ0n) is 56.0. The number of carboxylic acids is 2. The van der Waals surface area contributed by atoms with Gasteiger partial charge in [-0.05, 0) is 109 Å². The number of carboxylic acid groups (broad SMARTS) is 2. The van der Waals surface area contributed by atoms with E-state index in [0.29, 0.717) is 18.2 Å². The van der Waals surface area contributed by atoms with Crippen molar-refractivity contribution in [2.75, 3.05) is 39.7 Å². The fourth-order valence-electron chi connectivity index (χ4n) is 10.2. The van der Waals surface area contributed by atoms with E-state index in [1.807, 2.05) is 0 Å². The number of ketones is 1. The molecule has 34 nitrogen and oxygen atoms in total. The summed E-state index contributed by atoms with van der Waals surface area (Å²) in [5, 5.41) is 36.9. The number of carbonyl (C=O) groups excluding carboxylic acids is 4. The number of nitrogen functional groups attached to an aromatic ring is 2. The number of nitrogens with two attached hydrogens (primary N) is 2. The largest absolute Gasteiger partial charge is 1.00 e. The summed E-state index contributed by atoms with van der Waals surface area (Å²) >= 11 is 23.8. The normalized spacial score (nSPS) is 12.7. The van der Waals surface area contributed by atoms with Crippen molar-refractivity contribution in [1.82, 2.24) is 4.90 Å². The number of hydrogen-bond acceptors (Lipinski definition) is 32. The van der Waals surface area contributed by atoms with E-state index in [0.717, 1.165) is 78.9 Å². The molecule has 0 saturated carbocycles. The van der Waals surface area contributed by atoms with Crippen molar-refractivity contribution in [1.29, 1.82) is 10.8 Å². The molecule has 0 aromatic heterocycles. The molecule has 2 heterocycles. The van der Waals surface area contributed by atoms with Gasteiger partial charge < -0.3 is 76.9 Å². The number of nitrogens with zero attached hydrogens (tertiary/aromatic N) is 2. The van der Waals surface area contributed by atoms with Crippen LogP contribution in [0.15, 0.2) is 147 Å². The van der Waals surface area contributed by atoms with Gasteiger partial charge in [0.2, 0.25) is 0 Å². The summed E-state index contributed by atoms with van der Waals surface area (Å²) in [5.74, 6) is -7.72. The monoisotopic (exact) mass is 1810 g/mol. The molecule has 0 saturated heterocycles. The molecular weight excluding hydrogens is 1770 g/mol. The first kappa shape index (κ1) is 92.8. The Morgan fingerprint density at radius 1 is 0.473 bits per heavy atom. The Morgan fingerprint density at radius 2 is 0.777 bits per heavy atom. The number of Topliss-reactive ketones (excluding diaryl/α,β-unsaturated/α-hetero) is 1. The van der Waals surface area contributed by atoms with Crippen molar-refractivity contribution in [3.63, 3.8) is 0 Å². The number of carbonyl (C=O) groups is 4. The first-order valence-corrected chi connectivity index (χ1v) is 40.6. The Morgan fingerprint density at radius 3 is 1.06 bits per heavy atom. The minimum Gasteiger partial charge on any atom is -0.744 e. The van der Waals surface area contributed by atoms with Crippen molar-refractivity contribution < 1.29 is 207 Å². The molecule has 0 fully saturated rings. The van der Waals surface area contributed by atoms with Crippen LogP contribution in [0.3, 0.4) is 0 Å². The van der Waals surface area contributed by atoms with E-state index in [-0.39, 0.29) is 111 Å². The van der Waals surface area contributed by atoms with Crippen molar-refractivity contribution in [2.24, 2.45) is 0 Å². The van der Waals surface area contributed by atoms with Gasteiger partial charge in [0.05, 0.1) is 97.7 Å². The second kappa shape index (κ2) is 32.3. The smallest absolute Gasteiger partial charge is 0.744 e. The number of hydrogen-bond donors (Lipinski definition) is 4. The second-order valence-electron chi connectivity index (χ2n) is 22.6. The minimum atomic E-state index is -10.7. The third kappa shape index (κ3) is 21.9. The Balaban J connectivity index is 0.000000267. The molecule has 0 amide bonds. The van der Waals surface area contributed by atoms with Crippen LogP contribution in [0.1, 0.15) is 48.4 Å². The maximum absolute atomic E-state index is 13.0. The first-order valence-electron chi connectivity index (χ1n) is 28.6. The van der Waals surface area contributed by atoms with Crippen LogP contribution in [0.4, 0.5) is 36.6 Å². The molecule has 6 aromatic carbocycles. The van der Waals surface area contributed by atoms with Gasteiger partial charge >= 0.3 is 96.4 Å². The van der Waals surface area contributed by atoms with Crippen molar-refractivity contribution in [3.8, 4) is 56.4 Å². The van der Waals surface area contributed by atoms with Gasteiger partial charge in [-0.3, -0.25) is 15.6 Å². The first-order chi connectivity index (χ1) is 50.2. The number of fused-ring (bicyclic) bond motifs is 4. The number of rotatable bonds is 14. The summed E-state index contributed by atoms with van der Waals surface area (Å²) in [6, 6.07) is 18.3. The van der Waals surface area contributed by atoms with Gasteiger partial charge in [-0.2, -0.15) is 0 Å². The topological polar surface area (TPSA) is 608 Å². The molecule has 10 rings (SSSR count). The molecule has 2 aliphatic heterocycles. The van der Waals surface area contributed by atoms with Gasteiger partial charge in [-0.15, -0.1) is 0 Å². The van der Waals surface area contributed by atoms with Gasteiger partial charge in [-0.25, -0.2) is 64.8 Å². The Bertz CT molecular complexity index is 6490. The fraction of sp³-hybridized carbons (Fsp3) is 0.0833. The van der Waals surface area contributed by atoms with Crippen LogP contribution in [0.2, 0.25) is 20.1 Å². The van der Waals surface area contributed by atoms with E-state index in [1.54, 1.807) is 37.7 Å². The van der Waals surface area contributed by atoms with Crippen LogP contribution in [-0.2, 0) is 60.7 Å². The average molecular weight is 1810 g/mol. The van der Waals surface area contributed by atoms with Crippen LogP contribution >= 0.6 is 54.2 Å². The molecule has 112 heavy (non-hydrogen) atoms. The van der Waals surface area contributed by atoms with Gasteiger partial charge in [0.15, 0.2) is 40.0 Å². The third-order valence-electron chi connectivity index (χ3n) is 14.3. The predicted octanol–water partition coefficient (Wildman–Crippen LogP) is 4.36. The molecule has 596 valence electrons. The van der Waals surface area contributed by atoms with E-state index in [9.17, 15) is 132 Å². The van der Waals surface area contributed by atoms with E-state index < -0.39 is 204 Å². The zero-order valence-corrected chi connectivity index (χ0v) is 68.0. The molecule has 0 bridgehead atoms. The summed E-state index contributed by atoms with van der Waals surface area (Å²) in [4.78, 5) is 44.9. The maximum atomic E-state index is 13.0. The van der Waals surface area contributed by atoms with E-state index in [2.05, 4.69) is 0 Å². The number of ether oxygens (including phenoxy) is 2. The SMILES string of the molecule is CC(=O)c1ccc(-c2c3ccc(=N)c(S(=O)(=O)[O-])c-3oc3c(S(=O)(=O)[O-])c(N)ccc23)c(C(=O)[O-])c1.CN(C)C(Oc1c(Cl)cc(S(=O)(=O)[O-])cc1Cl)=[N+](C)C.F[P-](F)(F)(F)(F)F.N=c1ccc2c(-c3ccc(C(=O)Oc4c(Cl)cc(S(=O)(=O)[O-])cc4Cl)cc3C(=O)[O-])c3ccc(N)c(S(=O)(=O)[O-])c3oc-2c1S(=O)(=O)[O-].[K+]. The summed E-state index contributed by atoms with van der Waals surface area (Å²) in [6.45, 7) is 1.19. The van der Waals surface area contributed by atoms with Crippen LogP contribution in [0, 0.1) is 10.8 Å². The molecule has 0 unspecified atom stereocenters. The standard InChI is InChI=1S/C27H16Cl2N2O14S3.C22H16N2O10S2.C11H14Cl2N2O4S.F6P.K/c28-16-8-11(46(35,36)37)9-17(29)23(16)45-27(34)10-1-2-12(15(7-10)26(32)33)20-13-3-5-18(30)24(47(38,39)40)21(13)44-22-14(20)4-6-19(31)25(22)48(41,42)43;1-9(25)10-2-3-11(14(8-10)22(26)27)17-12-4-6-15(23)20(35(28,29)30)18(12)34-19-13(17)5-7-16(24)21(19)36(31,32)33;1-14(2)11(15(3)4)19-10-8(12)5-7(6-9(10)13)20(16,17)18;1-7(2,3,4,5)6;/h1-9,30H,31H2,(H,32,33)(H,35,36,37)(H,38,39,40)(H,41,42,43);2-8,23H,24H2,1H3,(H,26,27)(H,28,29,30)(H,31,32,33);5-6H,1-4H3;;/q;;;-1;+1/p-7. The Labute approximate surface area is 688 Å². The van der Waals surface area contributed by atoms with Gasteiger partial charge in [0.25, 0.3) is 0 Å². The summed E-state index contributed by atoms with van der Waals surface area (Å²) in [7, 11) is -35.0. The van der Waals surface area contributed by atoms with Crippen molar-refractivity contribution in [2.45, 2.75) is 36.3 Å². The number of aromatic carboxylic acids is 2. The van der Waals surface area contributed by atoms with E-state index >= 15 is 0 Å². The van der Waals surface area contributed by atoms with Crippen molar-refractivity contribution in [3.05, 3.63) is 162 Å². The summed E-state index contributed by atoms with van der Waals surface area (Å²) in [5.41, 5.74) is 5.04. The third-order valence-corrected chi connectivity index (χ3v) is 20.7. The number of esters is 1. The van der Waals surface area contributed by atoms with Crippen LogP contribution in [-0.4, -0.2) is 145 Å². The van der Waals surface area contributed by atoms with Crippen LogP contribution in [0.25, 0.3) is 66.8 Å². The Kier molecular flexibility index (Phi) is 26.8. The molecular formula is C60H39Cl4F6KN6O28PS6-7. The minimum absolute atomic E-state index is 0. The Hall–Kier alpha value is -8.08. The van der Waals surface area contributed by atoms with Gasteiger partial charge in [-0.1, -0.05) is 64.6 Å². The zero-order chi connectivity index (χ0) is 84.5. The molecule has 6 N–H and O–H groups in total. The summed E-state index contributed by atoms with van der Waals surface area (Å²) in [6.07, 6.45) is 0.